The smallest absolute Gasteiger partial charge is 0.270 e. The number of aryl methyl sites for hydroxylation is 1. The van der Waals surface area contributed by atoms with Crippen molar-refractivity contribution in [3.63, 3.8) is 0 Å². The highest BCUT2D eigenvalue weighted by Gasteiger charge is 2.41. The second-order valence-electron chi connectivity index (χ2n) is 7.86. The molecule has 1 fully saturated rings. The lowest BCUT2D eigenvalue weighted by molar-refractivity contribution is -0.120. The van der Waals surface area contributed by atoms with E-state index in [-0.39, 0.29) is 10.7 Å². The predicted molar refractivity (Wildman–Crippen MR) is 142 cm³/mol. The van der Waals surface area contributed by atoms with E-state index in [0.717, 1.165) is 4.90 Å². The number of amides is 2. The molecule has 4 aromatic rings. The van der Waals surface area contributed by atoms with Crippen molar-refractivity contribution in [2.75, 3.05) is 9.80 Å². The molecule has 35 heavy (non-hydrogen) atoms. The number of carbonyl (C=O) groups is 2. The van der Waals surface area contributed by atoms with Gasteiger partial charge in [-0.2, -0.15) is 0 Å². The zero-order valence-corrected chi connectivity index (χ0v) is 20.4. The summed E-state index contributed by atoms with van der Waals surface area (Å²) in [6.07, 6.45) is 1.48. The van der Waals surface area contributed by atoms with Crippen LogP contribution < -0.4 is 9.80 Å². The van der Waals surface area contributed by atoms with Crippen LogP contribution in [0.1, 0.15) is 11.3 Å². The molecule has 0 N–H and O–H groups in total. The van der Waals surface area contributed by atoms with Crippen LogP contribution in [0.2, 0.25) is 0 Å². The van der Waals surface area contributed by atoms with E-state index in [0.29, 0.717) is 22.2 Å². The van der Waals surface area contributed by atoms with Gasteiger partial charge in [-0.3, -0.25) is 19.4 Å². The van der Waals surface area contributed by atoms with Crippen molar-refractivity contribution in [2.45, 2.75) is 16.9 Å². The Morgan fingerprint density at radius 2 is 1.29 bits per heavy atom. The van der Waals surface area contributed by atoms with Gasteiger partial charge in [0.25, 0.3) is 11.8 Å². The largest absolute Gasteiger partial charge is 0.450 e. The monoisotopic (exact) mass is 496 g/mol. The zero-order chi connectivity index (χ0) is 24.4. The molecule has 0 unspecified atom stereocenters. The van der Waals surface area contributed by atoms with E-state index in [1.165, 1.54) is 33.2 Å². The summed E-state index contributed by atoms with van der Waals surface area (Å²) in [5.41, 5.74) is 2.30. The lowest BCUT2D eigenvalue weighted by Crippen LogP contribution is -2.56. The number of thiocarbonyl (C=S) groups is 1. The van der Waals surface area contributed by atoms with Crippen molar-refractivity contribution in [1.29, 1.82) is 0 Å². The molecule has 7 heteroatoms. The van der Waals surface area contributed by atoms with Gasteiger partial charge in [0.15, 0.2) is 10.2 Å². The number of carbonyl (C=O) groups excluding carboxylic acids is 2. The summed E-state index contributed by atoms with van der Waals surface area (Å²) in [7, 11) is 0. The second kappa shape index (κ2) is 9.74. The summed E-state index contributed by atoms with van der Waals surface area (Å²) in [5.74, 6) is -0.588. The predicted octanol–water partition coefficient (Wildman–Crippen LogP) is 6.49. The third-order valence-corrected chi connectivity index (χ3v) is 6.70. The minimum absolute atomic E-state index is 0.0347. The average molecular weight is 497 g/mol. The van der Waals surface area contributed by atoms with E-state index in [4.69, 9.17) is 16.6 Å². The quantitative estimate of drug-likeness (QED) is 0.180. The van der Waals surface area contributed by atoms with Crippen LogP contribution in [-0.2, 0) is 9.59 Å². The molecular formula is C28H20N2O3S2. The zero-order valence-electron chi connectivity index (χ0n) is 18.8. The molecule has 2 heterocycles. The van der Waals surface area contributed by atoms with Gasteiger partial charge in [-0.25, -0.2) is 0 Å². The van der Waals surface area contributed by atoms with Crippen LogP contribution in [-0.4, -0.2) is 16.9 Å². The summed E-state index contributed by atoms with van der Waals surface area (Å²) in [4.78, 5) is 30.9. The van der Waals surface area contributed by atoms with E-state index in [1.54, 1.807) is 30.3 Å². The molecule has 1 aromatic heterocycles. The van der Waals surface area contributed by atoms with Crippen molar-refractivity contribution in [3.05, 3.63) is 114 Å². The fourth-order valence-corrected chi connectivity index (χ4v) is 4.83. The van der Waals surface area contributed by atoms with Gasteiger partial charge in [0.2, 0.25) is 0 Å². The Labute approximate surface area is 212 Å². The average Bonchev–Trinajstić information content (AvgIpc) is 3.31. The van der Waals surface area contributed by atoms with Crippen molar-refractivity contribution >= 4 is 58.4 Å². The van der Waals surface area contributed by atoms with Crippen molar-refractivity contribution < 1.29 is 14.0 Å². The standard InChI is InChI=1S/C28H20N2O3S2/c1-19-12-15-23(16-13-19)35-25-17-14-22(33-25)18-24-26(31)29(20-8-4-2-5-9-20)28(34)30(27(24)32)21-10-6-3-7-11-21/h2-18H,1H3. The highest BCUT2D eigenvalue weighted by atomic mass is 32.2. The Morgan fingerprint density at radius 1 is 0.743 bits per heavy atom. The first-order valence-corrected chi connectivity index (χ1v) is 12.1. The van der Waals surface area contributed by atoms with Gasteiger partial charge in [-0.05, 0) is 73.7 Å². The van der Waals surface area contributed by atoms with E-state index in [1.807, 2.05) is 73.7 Å². The first kappa shape index (κ1) is 22.8. The number of nitrogens with zero attached hydrogens (tertiary/aromatic N) is 2. The second-order valence-corrected chi connectivity index (χ2v) is 9.31. The number of anilines is 2. The molecule has 0 spiro atoms. The van der Waals surface area contributed by atoms with Crippen LogP contribution in [0.5, 0.6) is 0 Å². The Balaban J connectivity index is 1.52. The number of para-hydroxylation sites is 2. The van der Waals surface area contributed by atoms with Crippen molar-refractivity contribution in [3.8, 4) is 0 Å². The molecule has 0 atom stereocenters. The van der Waals surface area contributed by atoms with Crippen LogP contribution in [0.4, 0.5) is 11.4 Å². The van der Waals surface area contributed by atoms with Crippen molar-refractivity contribution in [1.82, 2.24) is 0 Å². The first-order valence-electron chi connectivity index (χ1n) is 10.9. The minimum Gasteiger partial charge on any atom is -0.450 e. The molecular weight excluding hydrogens is 476 g/mol. The van der Waals surface area contributed by atoms with Crippen LogP contribution in [0, 0.1) is 6.92 Å². The number of hydrogen-bond acceptors (Lipinski definition) is 5. The summed E-state index contributed by atoms with van der Waals surface area (Å²) < 4.78 is 5.94. The Kier molecular flexibility index (Phi) is 6.35. The maximum Gasteiger partial charge on any atom is 0.270 e. The molecule has 0 saturated carbocycles. The Morgan fingerprint density at radius 3 is 1.83 bits per heavy atom. The maximum atomic E-state index is 13.5. The lowest BCUT2D eigenvalue weighted by atomic mass is 10.1. The van der Waals surface area contributed by atoms with Gasteiger partial charge < -0.3 is 4.42 Å². The van der Waals surface area contributed by atoms with Gasteiger partial charge in [0.05, 0.1) is 11.4 Å². The van der Waals surface area contributed by atoms with Crippen LogP contribution in [0.3, 0.4) is 0 Å². The molecule has 172 valence electrons. The fraction of sp³-hybridized carbons (Fsp3) is 0.0357. The summed E-state index contributed by atoms with van der Waals surface area (Å²) in [5, 5.41) is 0.761. The summed E-state index contributed by atoms with van der Waals surface area (Å²) in [6.45, 7) is 2.03. The molecule has 5 rings (SSSR count). The maximum absolute atomic E-state index is 13.5. The number of furan rings is 1. The Bertz CT molecular complexity index is 1360. The molecule has 0 aliphatic carbocycles. The van der Waals surface area contributed by atoms with Gasteiger partial charge >= 0.3 is 0 Å². The van der Waals surface area contributed by atoms with Gasteiger partial charge in [-0.15, -0.1) is 0 Å². The number of hydrogen-bond donors (Lipinski definition) is 0. The molecule has 1 saturated heterocycles. The normalized spacial score (nSPS) is 14.0. The topological polar surface area (TPSA) is 53.8 Å². The SMILES string of the molecule is Cc1ccc(Sc2ccc(C=C3C(=O)N(c4ccccc4)C(=S)N(c4ccccc4)C3=O)o2)cc1. The lowest BCUT2D eigenvalue weighted by Gasteiger charge is -2.36. The van der Waals surface area contributed by atoms with Crippen LogP contribution in [0.15, 0.2) is 117 Å². The van der Waals surface area contributed by atoms with E-state index < -0.39 is 11.8 Å². The number of benzene rings is 3. The van der Waals surface area contributed by atoms with Crippen molar-refractivity contribution in [2.24, 2.45) is 0 Å². The fourth-order valence-electron chi connectivity index (χ4n) is 3.67. The molecule has 0 radical (unpaired) electrons. The third kappa shape index (κ3) is 4.69. The minimum atomic E-state index is -0.498. The molecule has 5 nitrogen and oxygen atoms in total. The third-order valence-electron chi connectivity index (χ3n) is 5.41. The van der Waals surface area contributed by atoms with Gasteiger partial charge in [-0.1, -0.05) is 65.9 Å². The van der Waals surface area contributed by atoms with Gasteiger partial charge in [0, 0.05) is 4.90 Å². The highest BCUT2D eigenvalue weighted by molar-refractivity contribution is 7.99. The highest BCUT2D eigenvalue weighted by Crippen LogP contribution is 2.32. The van der Waals surface area contributed by atoms with Crippen LogP contribution in [0.25, 0.3) is 6.08 Å². The molecule has 3 aromatic carbocycles. The molecule has 1 aliphatic rings. The first-order chi connectivity index (χ1) is 17.0. The molecule has 0 bridgehead atoms. The summed E-state index contributed by atoms with van der Waals surface area (Å²) in [6, 6.07) is 29.8. The van der Waals surface area contributed by atoms with E-state index in [2.05, 4.69) is 0 Å². The molecule has 1 aliphatic heterocycles. The number of rotatable bonds is 5. The van der Waals surface area contributed by atoms with E-state index in [9.17, 15) is 9.59 Å². The van der Waals surface area contributed by atoms with Crippen LogP contribution >= 0.6 is 24.0 Å². The van der Waals surface area contributed by atoms with E-state index >= 15 is 0 Å². The Hall–Kier alpha value is -3.94. The molecule has 2 amide bonds. The summed E-state index contributed by atoms with van der Waals surface area (Å²) >= 11 is 7.10. The van der Waals surface area contributed by atoms with Gasteiger partial charge in [0.1, 0.15) is 11.3 Å².